The molecule has 1 aliphatic heterocycles. The zero-order valence-electron chi connectivity index (χ0n) is 30.6. The van der Waals surface area contributed by atoms with E-state index in [9.17, 15) is 22.8 Å². The number of amides is 3. The molecule has 3 amide bonds. The zero-order valence-corrected chi connectivity index (χ0v) is 31.4. The Morgan fingerprint density at radius 3 is 2.30 bits per heavy atom. The van der Waals surface area contributed by atoms with E-state index in [4.69, 9.17) is 9.31 Å². The number of hydrogen-bond acceptors (Lipinski definition) is 7. The molecule has 3 saturated carbocycles. The zero-order chi connectivity index (χ0) is 36.4. The molecule has 272 valence electrons. The van der Waals surface area contributed by atoms with Gasteiger partial charge in [0.1, 0.15) is 6.04 Å². The number of carbonyl (C=O) groups is 3. The summed E-state index contributed by atoms with van der Waals surface area (Å²) in [7, 11) is -4.73. The first-order valence-corrected chi connectivity index (χ1v) is 19.6. The SMILES string of the molecule is CCCCc1ccc(C(=O)N[C@@H](CNC(=O)NS(=O)(=O)c2ccc(C)cc2)C(=O)C[C@@H](CC(C)C)B2O[C@@H]3C[C@@H]4C[C@@H](C4(C)C)[C@]3(C)O2)cc1. The smallest absolute Gasteiger partial charge is 0.405 e. The first-order chi connectivity index (χ1) is 23.5. The molecule has 0 unspecified atom stereocenters. The fourth-order valence-corrected chi connectivity index (χ4v) is 9.15. The first-order valence-electron chi connectivity index (χ1n) is 18.2. The van der Waals surface area contributed by atoms with E-state index >= 15 is 0 Å². The van der Waals surface area contributed by atoms with Crippen molar-refractivity contribution in [3.05, 3.63) is 65.2 Å². The van der Waals surface area contributed by atoms with Crippen molar-refractivity contribution >= 4 is 34.9 Å². The van der Waals surface area contributed by atoms with Gasteiger partial charge < -0.3 is 19.9 Å². The Morgan fingerprint density at radius 1 is 1.00 bits per heavy atom. The number of hydrogen-bond donors (Lipinski definition) is 3. The Kier molecular flexibility index (Phi) is 11.5. The Morgan fingerprint density at radius 2 is 1.68 bits per heavy atom. The summed E-state index contributed by atoms with van der Waals surface area (Å²) in [6, 6.07) is 11.2. The molecule has 1 saturated heterocycles. The second-order valence-corrected chi connectivity index (χ2v) is 17.5. The summed E-state index contributed by atoms with van der Waals surface area (Å²) in [6.45, 7) is 14.6. The van der Waals surface area contributed by atoms with Gasteiger partial charge in [0.2, 0.25) is 0 Å². The third-order valence-electron chi connectivity index (χ3n) is 11.3. The van der Waals surface area contributed by atoms with E-state index < -0.39 is 40.7 Å². The topological polar surface area (TPSA) is 140 Å². The maximum atomic E-state index is 14.1. The number of aryl methyl sites for hydroxylation is 2. The van der Waals surface area contributed by atoms with Crippen LogP contribution in [0.2, 0.25) is 5.82 Å². The lowest BCUT2D eigenvalue weighted by molar-refractivity contribution is -0.199. The van der Waals surface area contributed by atoms with Crippen molar-refractivity contribution < 1.29 is 32.1 Å². The van der Waals surface area contributed by atoms with Crippen molar-refractivity contribution in [2.45, 2.75) is 122 Å². The highest BCUT2D eigenvalue weighted by molar-refractivity contribution is 7.90. The highest BCUT2D eigenvalue weighted by Gasteiger charge is 2.68. The highest BCUT2D eigenvalue weighted by Crippen LogP contribution is 2.66. The van der Waals surface area contributed by atoms with Crippen LogP contribution in [0.5, 0.6) is 0 Å². The highest BCUT2D eigenvalue weighted by atomic mass is 32.2. The van der Waals surface area contributed by atoms with Gasteiger partial charge in [-0.25, -0.2) is 17.9 Å². The minimum atomic E-state index is -4.16. The van der Waals surface area contributed by atoms with Gasteiger partial charge in [-0.15, -0.1) is 0 Å². The normalized spacial score (nSPS) is 24.9. The molecule has 2 bridgehead atoms. The van der Waals surface area contributed by atoms with Crippen LogP contribution < -0.4 is 15.4 Å². The van der Waals surface area contributed by atoms with Gasteiger partial charge in [0.15, 0.2) is 5.78 Å². The molecule has 0 radical (unpaired) electrons. The van der Waals surface area contributed by atoms with Gasteiger partial charge in [0.05, 0.1) is 16.6 Å². The number of unbranched alkanes of at least 4 members (excludes halogenated alkanes) is 1. The van der Waals surface area contributed by atoms with Gasteiger partial charge in [-0.2, -0.15) is 0 Å². The average molecular weight is 708 g/mol. The molecule has 2 aromatic carbocycles. The Bertz CT molecular complexity index is 1650. The molecule has 0 spiro atoms. The van der Waals surface area contributed by atoms with Crippen LogP contribution in [0.25, 0.3) is 0 Å². The Hall–Kier alpha value is -3.22. The van der Waals surface area contributed by atoms with Crippen LogP contribution in [0.4, 0.5) is 4.79 Å². The summed E-state index contributed by atoms with van der Waals surface area (Å²) in [4.78, 5) is 40.4. The monoisotopic (exact) mass is 707 g/mol. The van der Waals surface area contributed by atoms with Crippen LogP contribution in [0.3, 0.4) is 0 Å². The van der Waals surface area contributed by atoms with E-state index in [1.807, 2.05) is 23.8 Å². The van der Waals surface area contributed by atoms with Crippen LogP contribution in [0, 0.1) is 30.1 Å². The summed E-state index contributed by atoms with van der Waals surface area (Å²) in [5, 5.41) is 5.33. The van der Waals surface area contributed by atoms with Crippen LogP contribution in [-0.2, 0) is 30.5 Å². The number of ketones is 1. The molecule has 6 atom stereocenters. The van der Waals surface area contributed by atoms with Crippen LogP contribution in [0.1, 0.15) is 102 Å². The summed E-state index contributed by atoms with van der Waals surface area (Å²) < 4.78 is 41.1. The molecule has 1 heterocycles. The summed E-state index contributed by atoms with van der Waals surface area (Å²) in [5.74, 6) is 0.161. The van der Waals surface area contributed by atoms with E-state index in [0.717, 1.165) is 43.2 Å². The van der Waals surface area contributed by atoms with Gasteiger partial charge in [0.25, 0.3) is 15.9 Å². The number of carbonyl (C=O) groups excluding carboxylic acids is 3. The molecule has 6 rings (SSSR count). The molecule has 2 aromatic rings. The quantitative estimate of drug-likeness (QED) is 0.187. The molecule has 12 heteroatoms. The molecule has 3 aliphatic carbocycles. The third kappa shape index (κ3) is 8.29. The third-order valence-corrected chi connectivity index (χ3v) is 12.7. The summed E-state index contributed by atoms with van der Waals surface area (Å²) >= 11 is 0. The molecule has 3 N–H and O–H groups in total. The molecule has 50 heavy (non-hydrogen) atoms. The van der Waals surface area contributed by atoms with Gasteiger partial charge in [-0.1, -0.05) is 70.9 Å². The van der Waals surface area contributed by atoms with Gasteiger partial charge in [-0.05, 0) is 98.9 Å². The number of benzene rings is 2. The maximum Gasteiger partial charge on any atom is 0.461 e. The fraction of sp³-hybridized carbons (Fsp3) is 0.605. The van der Waals surface area contributed by atoms with Crippen molar-refractivity contribution in [2.24, 2.45) is 23.2 Å². The van der Waals surface area contributed by atoms with Crippen molar-refractivity contribution in [2.75, 3.05) is 6.54 Å². The lowest BCUT2D eigenvalue weighted by Gasteiger charge is -2.64. The Labute approximate surface area is 298 Å². The number of urea groups is 1. The Balaban J connectivity index is 1.31. The first kappa shape index (κ1) is 38.0. The summed E-state index contributed by atoms with van der Waals surface area (Å²) in [6.07, 6.45) is 5.74. The second-order valence-electron chi connectivity index (χ2n) is 15.9. The van der Waals surface area contributed by atoms with Crippen LogP contribution in [-0.4, -0.2) is 57.5 Å². The predicted molar refractivity (Wildman–Crippen MR) is 194 cm³/mol. The fourth-order valence-electron chi connectivity index (χ4n) is 8.22. The minimum absolute atomic E-state index is 0.0364. The lowest BCUT2D eigenvalue weighted by Crippen LogP contribution is -2.65. The van der Waals surface area contributed by atoms with E-state index in [1.165, 1.54) is 12.1 Å². The molecule has 0 aromatic heterocycles. The van der Waals surface area contributed by atoms with Gasteiger partial charge >= 0.3 is 13.1 Å². The average Bonchev–Trinajstić information content (AvgIpc) is 3.42. The largest absolute Gasteiger partial charge is 0.461 e. The molecule has 4 fully saturated rings. The number of nitrogens with one attached hydrogen (secondary N) is 3. The van der Waals surface area contributed by atoms with Crippen molar-refractivity contribution in [1.29, 1.82) is 0 Å². The van der Waals surface area contributed by atoms with Crippen LogP contribution >= 0.6 is 0 Å². The van der Waals surface area contributed by atoms with Crippen molar-refractivity contribution in [3.63, 3.8) is 0 Å². The van der Waals surface area contributed by atoms with E-state index in [1.54, 1.807) is 24.3 Å². The van der Waals surface area contributed by atoms with Gasteiger partial charge in [-0.3, -0.25) is 9.59 Å². The second kappa shape index (κ2) is 15.2. The van der Waals surface area contributed by atoms with E-state index in [0.29, 0.717) is 23.8 Å². The number of Topliss-reactive ketones (excluding diaryl/α,β-unsaturated/α-hetero) is 1. The van der Waals surface area contributed by atoms with Crippen molar-refractivity contribution in [3.8, 4) is 0 Å². The number of sulfonamides is 1. The standard InChI is InChI=1S/C38H54BN3O7S/c1-8-9-10-26-13-15-27(16-14-26)35(44)41-31(23-40-36(45)42-50(46,47)30-17-11-25(4)12-18-30)32(43)22-29(19-24(2)3)39-48-34-21-28-20-33(37(28,5)6)38(34,7)49-39/h11-18,24,28-29,31,33-34H,8-10,19-23H2,1-7H3,(H,41,44)(H2,40,42,45)/t28-,29+,31-,33-,34+,38-/m0/s1. The minimum Gasteiger partial charge on any atom is -0.405 e. The van der Waals surface area contributed by atoms with Gasteiger partial charge in [0, 0.05) is 24.3 Å². The van der Waals surface area contributed by atoms with Crippen molar-refractivity contribution in [1.82, 2.24) is 15.4 Å². The molecule has 4 aliphatic rings. The van der Waals surface area contributed by atoms with E-state index in [-0.39, 0.29) is 46.9 Å². The predicted octanol–water partition coefficient (Wildman–Crippen LogP) is 6.23. The summed E-state index contributed by atoms with van der Waals surface area (Å²) in [5.41, 5.74) is 2.12. The lowest BCUT2D eigenvalue weighted by atomic mass is 9.43. The van der Waals surface area contributed by atoms with E-state index in [2.05, 4.69) is 52.2 Å². The maximum absolute atomic E-state index is 14.1. The van der Waals surface area contributed by atoms with Crippen LogP contribution in [0.15, 0.2) is 53.4 Å². The number of rotatable bonds is 15. The molecular weight excluding hydrogens is 653 g/mol. The molecule has 10 nitrogen and oxygen atoms in total. The molecular formula is C38H54BN3O7S.